The Balaban J connectivity index is 1.70. The molecular weight excluding hydrogens is 424 g/mol. The fraction of sp³-hybridized carbons (Fsp3) is 0.238. The zero-order chi connectivity index (χ0) is 21.9. The van der Waals surface area contributed by atoms with Gasteiger partial charge in [0.05, 0.1) is 28.0 Å². The van der Waals surface area contributed by atoms with Gasteiger partial charge in [0, 0.05) is 11.6 Å². The molecule has 7 nitrogen and oxygen atoms in total. The fourth-order valence-corrected chi connectivity index (χ4v) is 3.78. The predicted octanol–water partition coefficient (Wildman–Crippen LogP) is 3.27. The maximum atomic E-state index is 12.8. The number of hydrogen-bond acceptors (Lipinski definition) is 4. The number of rotatable bonds is 7. The number of nitrogens with one attached hydrogen (secondary N) is 1. The predicted molar refractivity (Wildman–Crippen MR) is 117 cm³/mol. The highest BCUT2D eigenvalue weighted by Crippen LogP contribution is 2.24. The Kier molecular flexibility index (Phi) is 6.60. The third kappa shape index (κ3) is 5.08. The van der Waals surface area contributed by atoms with Gasteiger partial charge in [0.2, 0.25) is 10.0 Å². The summed E-state index contributed by atoms with van der Waals surface area (Å²) in [6, 6.07) is 13.6. The number of nitrogens with zero attached hydrogens (tertiary/aromatic N) is 2. The highest BCUT2D eigenvalue weighted by Gasteiger charge is 2.20. The minimum absolute atomic E-state index is 0.0616. The molecule has 0 aliphatic rings. The smallest absolute Gasteiger partial charge is 0.254 e. The molecule has 0 spiro atoms. The molecule has 0 saturated carbocycles. The number of sulfonamides is 1. The molecule has 3 rings (SSSR count). The molecule has 0 radical (unpaired) electrons. The van der Waals surface area contributed by atoms with E-state index in [1.807, 2.05) is 26.0 Å². The molecule has 2 aromatic carbocycles. The van der Waals surface area contributed by atoms with Gasteiger partial charge in [-0.1, -0.05) is 37.6 Å². The van der Waals surface area contributed by atoms with Crippen molar-refractivity contribution < 1.29 is 13.2 Å². The number of aromatic nitrogens is 2. The van der Waals surface area contributed by atoms with Crippen molar-refractivity contribution in [3.63, 3.8) is 0 Å². The van der Waals surface area contributed by atoms with Crippen LogP contribution in [-0.4, -0.2) is 30.7 Å². The topological polar surface area (TPSA) is 107 Å². The standard InChI is InChI=1S/C21H23ClN4O3S/c1-14(2)20-19(13-25-26(20)17-7-5-16(22)6-8-17)21(27)24-12-11-15-3-9-18(10-4-15)30(23,28)29/h3-10,13-14H,11-12H2,1-2H3,(H,24,27)(H2,23,28,29). The first kappa shape index (κ1) is 22.0. The largest absolute Gasteiger partial charge is 0.352 e. The Hall–Kier alpha value is -2.68. The van der Waals surface area contributed by atoms with Crippen LogP contribution in [0.25, 0.3) is 5.69 Å². The first-order valence-corrected chi connectivity index (χ1v) is 11.3. The highest BCUT2D eigenvalue weighted by molar-refractivity contribution is 7.89. The lowest BCUT2D eigenvalue weighted by Crippen LogP contribution is -2.26. The van der Waals surface area contributed by atoms with Gasteiger partial charge in [0.15, 0.2) is 0 Å². The first-order valence-electron chi connectivity index (χ1n) is 9.40. The van der Waals surface area contributed by atoms with E-state index in [1.165, 1.54) is 12.1 Å². The van der Waals surface area contributed by atoms with E-state index >= 15 is 0 Å². The van der Waals surface area contributed by atoms with Gasteiger partial charge in [-0.25, -0.2) is 18.2 Å². The number of carbonyl (C=O) groups is 1. The second-order valence-electron chi connectivity index (χ2n) is 7.18. The van der Waals surface area contributed by atoms with Crippen LogP contribution in [0.15, 0.2) is 59.6 Å². The maximum Gasteiger partial charge on any atom is 0.254 e. The molecule has 1 aromatic heterocycles. The zero-order valence-electron chi connectivity index (χ0n) is 16.7. The third-order valence-electron chi connectivity index (χ3n) is 4.62. The summed E-state index contributed by atoms with van der Waals surface area (Å²) in [4.78, 5) is 12.8. The van der Waals surface area contributed by atoms with Crippen LogP contribution in [-0.2, 0) is 16.4 Å². The van der Waals surface area contributed by atoms with Gasteiger partial charge in [-0.15, -0.1) is 0 Å². The quantitative estimate of drug-likeness (QED) is 0.580. The van der Waals surface area contributed by atoms with E-state index in [2.05, 4.69) is 10.4 Å². The van der Waals surface area contributed by atoms with E-state index in [0.717, 1.165) is 16.9 Å². The molecule has 0 atom stereocenters. The van der Waals surface area contributed by atoms with Crippen molar-refractivity contribution in [1.29, 1.82) is 0 Å². The van der Waals surface area contributed by atoms with E-state index in [9.17, 15) is 13.2 Å². The van der Waals surface area contributed by atoms with Crippen molar-refractivity contribution in [1.82, 2.24) is 15.1 Å². The van der Waals surface area contributed by atoms with Gasteiger partial charge in [0.25, 0.3) is 5.91 Å². The van der Waals surface area contributed by atoms with E-state index in [4.69, 9.17) is 16.7 Å². The average Bonchev–Trinajstić information content (AvgIpc) is 3.14. The number of carbonyl (C=O) groups excluding carboxylic acids is 1. The molecule has 0 bridgehead atoms. The van der Waals surface area contributed by atoms with Crippen molar-refractivity contribution >= 4 is 27.5 Å². The van der Waals surface area contributed by atoms with Gasteiger partial charge < -0.3 is 5.32 Å². The fourth-order valence-electron chi connectivity index (χ4n) is 3.14. The number of halogens is 1. The van der Waals surface area contributed by atoms with Crippen LogP contribution in [0.3, 0.4) is 0 Å². The molecule has 0 saturated heterocycles. The van der Waals surface area contributed by atoms with Crippen LogP contribution in [0.1, 0.15) is 41.4 Å². The van der Waals surface area contributed by atoms with Crippen molar-refractivity contribution in [2.75, 3.05) is 6.54 Å². The summed E-state index contributed by atoms with van der Waals surface area (Å²) in [5, 5.41) is 13.0. The van der Waals surface area contributed by atoms with Gasteiger partial charge >= 0.3 is 0 Å². The molecule has 1 heterocycles. The summed E-state index contributed by atoms with van der Waals surface area (Å²) in [7, 11) is -3.71. The number of amides is 1. The molecule has 3 aromatic rings. The van der Waals surface area contributed by atoms with Crippen LogP contribution in [0.2, 0.25) is 5.02 Å². The molecule has 0 aliphatic heterocycles. The van der Waals surface area contributed by atoms with Crippen LogP contribution < -0.4 is 10.5 Å². The molecule has 0 unspecified atom stereocenters. The summed E-state index contributed by atoms with van der Waals surface area (Å²) in [5.74, 6) is -0.130. The molecule has 0 fully saturated rings. The van der Waals surface area contributed by atoms with Crippen molar-refractivity contribution in [2.45, 2.75) is 31.1 Å². The summed E-state index contributed by atoms with van der Waals surface area (Å²) >= 11 is 5.97. The van der Waals surface area contributed by atoms with E-state index in [-0.39, 0.29) is 16.7 Å². The number of benzene rings is 2. The average molecular weight is 447 g/mol. The van der Waals surface area contributed by atoms with Crippen LogP contribution >= 0.6 is 11.6 Å². The monoisotopic (exact) mass is 446 g/mol. The van der Waals surface area contributed by atoms with Gasteiger partial charge in [0.1, 0.15) is 0 Å². The van der Waals surface area contributed by atoms with Crippen molar-refractivity contribution in [2.24, 2.45) is 5.14 Å². The minimum atomic E-state index is -3.71. The summed E-state index contributed by atoms with van der Waals surface area (Å²) in [6.45, 7) is 4.41. The Morgan fingerprint density at radius 2 is 1.77 bits per heavy atom. The maximum absolute atomic E-state index is 12.8. The zero-order valence-corrected chi connectivity index (χ0v) is 18.2. The lowest BCUT2D eigenvalue weighted by atomic mass is 10.0. The van der Waals surface area contributed by atoms with Crippen molar-refractivity contribution in [3.8, 4) is 5.69 Å². The Bertz CT molecular complexity index is 1140. The normalized spacial score (nSPS) is 11.6. The van der Waals surface area contributed by atoms with Crippen LogP contribution in [0, 0.1) is 0 Å². The highest BCUT2D eigenvalue weighted by atomic mass is 35.5. The third-order valence-corrected chi connectivity index (χ3v) is 5.80. The molecule has 9 heteroatoms. The molecule has 1 amide bonds. The Morgan fingerprint density at radius 3 is 2.33 bits per heavy atom. The lowest BCUT2D eigenvalue weighted by molar-refractivity contribution is 0.0952. The van der Waals surface area contributed by atoms with Crippen LogP contribution in [0.5, 0.6) is 0 Å². The minimum Gasteiger partial charge on any atom is -0.352 e. The second-order valence-corrected chi connectivity index (χ2v) is 9.18. The SMILES string of the molecule is CC(C)c1c(C(=O)NCCc2ccc(S(N)(=O)=O)cc2)cnn1-c1ccc(Cl)cc1. The Morgan fingerprint density at radius 1 is 1.13 bits per heavy atom. The molecule has 0 aliphatic carbocycles. The summed E-state index contributed by atoms with van der Waals surface area (Å²) in [6.07, 6.45) is 2.12. The van der Waals surface area contributed by atoms with E-state index in [0.29, 0.717) is 23.6 Å². The molecule has 30 heavy (non-hydrogen) atoms. The summed E-state index contributed by atoms with van der Waals surface area (Å²) < 4.78 is 24.4. The van der Waals surface area contributed by atoms with E-state index < -0.39 is 10.0 Å². The summed E-state index contributed by atoms with van der Waals surface area (Å²) in [5.41, 5.74) is 3.05. The molecular formula is C21H23ClN4O3S. The number of primary sulfonamides is 1. The molecule has 158 valence electrons. The lowest BCUT2D eigenvalue weighted by Gasteiger charge is -2.13. The molecule has 3 N–H and O–H groups in total. The number of nitrogens with two attached hydrogens (primary N) is 1. The van der Waals surface area contributed by atoms with Gasteiger partial charge in [-0.2, -0.15) is 5.10 Å². The second kappa shape index (κ2) is 8.99. The van der Waals surface area contributed by atoms with E-state index in [1.54, 1.807) is 35.1 Å². The van der Waals surface area contributed by atoms with Gasteiger partial charge in [-0.05, 0) is 54.3 Å². The number of hydrogen-bond donors (Lipinski definition) is 2. The Labute approximate surface area is 180 Å². The van der Waals surface area contributed by atoms with Crippen LogP contribution in [0.4, 0.5) is 0 Å². The van der Waals surface area contributed by atoms with Crippen molar-refractivity contribution in [3.05, 3.63) is 76.6 Å². The van der Waals surface area contributed by atoms with Gasteiger partial charge in [-0.3, -0.25) is 4.79 Å². The first-order chi connectivity index (χ1) is 14.2.